The molecule has 0 aromatic rings. The Morgan fingerprint density at radius 1 is 1.67 bits per heavy atom. The van der Waals surface area contributed by atoms with E-state index in [9.17, 15) is 0 Å². The maximum atomic E-state index is 4.95. The molecule has 0 radical (unpaired) electrons. The highest BCUT2D eigenvalue weighted by Gasteiger charge is 2.47. The molecule has 2 atom stereocenters. The van der Waals surface area contributed by atoms with E-state index in [1.54, 1.807) is 0 Å². The zero-order chi connectivity index (χ0) is 8.02. The van der Waals surface area contributed by atoms with Gasteiger partial charge in [-0.15, -0.1) is 10.7 Å². The Balaban J connectivity index is 1.95. The van der Waals surface area contributed by atoms with Crippen LogP contribution in [-0.4, -0.2) is 5.90 Å². The summed E-state index contributed by atoms with van der Waals surface area (Å²) in [5.41, 5.74) is 2.41. The maximum absolute atomic E-state index is 4.95. The molecule has 1 heterocycles. The summed E-state index contributed by atoms with van der Waals surface area (Å²) in [7, 11) is 0. The second-order valence-electron chi connectivity index (χ2n) is 3.69. The standard InChI is InChI=1S/C8H10N2O2/c1-3-8(4-2-6(1)5-8)7-9-10-12-11-7/h1,3,6,10H,2,4-5H2. The number of nitrogens with one attached hydrogen (secondary N) is 1. The molecule has 2 bridgehead atoms. The van der Waals surface area contributed by atoms with E-state index in [1.807, 2.05) is 0 Å². The molecule has 2 unspecified atom stereocenters. The predicted octanol–water partition coefficient (Wildman–Crippen LogP) is 1.12. The van der Waals surface area contributed by atoms with Crippen LogP contribution in [0, 0.1) is 11.3 Å². The molecule has 1 aliphatic heterocycles. The minimum atomic E-state index is 0.0498. The summed E-state index contributed by atoms with van der Waals surface area (Å²) < 4.78 is 0. The van der Waals surface area contributed by atoms with Crippen molar-refractivity contribution in [1.29, 1.82) is 0 Å². The average Bonchev–Trinajstić information content (AvgIpc) is 2.82. The van der Waals surface area contributed by atoms with Crippen molar-refractivity contribution in [2.24, 2.45) is 16.4 Å². The van der Waals surface area contributed by atoms with Crippen LogP contribution in [0.1, 0.15) is 19.3 Å². The van der Waals surface area contributed by atoms with E-state index in [4.69, 9.17) is 4.89 Å². The number of rotatable bonds is 1. The van der Waals surface area contributed by atoms with Crippen LogP contribution in [0.15, 0.2) is 17.3 Å². The Labute approximate surface area is 70.1 Å². The Kier molecular flexibility index (Phi) is 1.09. The number of allylic oxidation sites excluding steroid dienone is 1. The smallest absolute Gasteiger partial charge is 0.264 e. The van der Waals surface area contributed by atoms with Crippen LogP contribution in [0.2, 0.25) is 0 Å². The summed E-state index contributed by atoms with van der Waals surface area (Å²) >= 11 is 0. The Morgan fingerprint density at radius 3 is 3.17 bits per heavy atom. The topological polar surface area (TPSA) is 42.9 Å². The van der Waals surface area contributed by atoms with Crippen LogP contribution in [0.3, 0.4) is 0 Å². The lowest BCUT2D eigenvalue weighted by atomic mass is 9.88. The SMILES string of the molecule is C1=CC2(C3=NNOO3)CCC1C2. The van der Waals surface area contributed by atoms with Crippen LogP contribution in [-0.2, 0) is 9.88 Å². The zero-order valence-corrected chi connectivity index (χ0v) is 6.62. The molecule has 0 spiro atoms. The monoisotopic (exact) mass is 166 g/mol. The van der Waals surface area contributed by atoms with E-state index in [0.717, 1.165) is 18.8 Å². The van der Waals surface area contributed by atoms with E-state index in [2.05, 4.69) is 27.8 Å². The van der Waals surface area contributed by atoms with Gasteiger partial charge < -0.3 is 0 Å². The van der Waals surface area contributed by atoms with Gasteiger partial charge in [0, 0.05) is 0 Å². The summed E-state index contributed by atoms with van der Waals surface area (Å²) in [6.45, 7) is 0. The quantitative estimate of drug-likeness (QED) is 0.469. The summed E-state index contributed by atoms with van der Waals surface area (Å²) in [6, 6.07) is 0. The summed E-state index contributed by atoms with van der Waals surface area (Å²) in [4.78, 5) is 9.47. The molecule has 1 N–H and O–H groups in total. The second kappa shape index (κ2) is 2.01. The highest BCUT2D eigenvalue weighted by atomic mass is 17.3. The Hall–Kier alpha value is -1.03. The Morgan fingerprint density at radius 2 is 2.67 bits per heavy atom. The number of hydrazone groups is 1. The van der Waals surface area contributed by atoms with Crippen molar-refractivity contribution in [3.8, 4) is 0 Å². The van der Waals surface area contributed by atoms with E-state index in [1.165, 1.54) is 6.42 Å². The molecule has 2 aliphatic carbocycles. The molecule has 12 heavy (non-hydrogen) atoms. The third-order valence-electron chi connectivity index (χ3n) is 3.01. The van der Waals surface area contributed by atoms with Crippen molar-refractivity contribution >= 4 is 5.90 Å². The lowest BCUT2D eigenvalue weighted by Crippen LogP contribution is -2.24. The van der Waals surface area contributed by atoms with E-state index in [0.29, 0.717) is 5.90 Å². The van der Waals surface area contributed by atoms with Gasteiger partial charge in [0.2, 0.25) is 0 Å². The highest BCUT2D eigenvalue weighted by Crippen LogP contribution is 2.50. The van der Waals surface area contributed by atoms with Crippen molar-refractivity contribution in [3.63, 3.8) is 0 Å². The molecule has 64 valence electrons. The van der Waals surface area contributed by atoms with Gasteiger partial charge in [-0.2, -0.15) is 0 Å². The van der Waals surface area contributed by atoms with Gasteiger partial charge in [-0.05, 0) is 30.2 Å². The third kappa shape index (κ3) is 0.679. The molecule has 0 aromatic carbocycles. The fourth-order valence-electron chi connectivity index (χ4n) is 2.35. The molecular formula is C8H10N2O2. The van der Waals surface area contributed by atoms with E-state index < -0.39 is 0 Å². The van der Waals surface area contributed by atoms with Gasteiger partial charge in [-0.1, -0.05) is 12.2 Å². The normalized spacial score (nSPS) is 42.7. The van der Waals surface area contributed by atoms with Crippen molar-refractivity contribution in [2.45, 2.75) is 19.3 Å². The fraction of sp³-hybridized carbons (Fsp3) is 0.625. The van der Waals surface area contributed by atoms with Crippen LogP contribution < -0.4 is 5.59 Å². The van der Waals surface area contributed by atoms with Crippen molar-refractivity contribution in [2.75, 3.05) is 0 Å². The minimum Gasteiger partial charge on any atom is -0.294 e. The summed E-state index contributed by atoms with van der Waals surface area (Å²) in [5.74, 6) is 1.43. The van der Waals surface area contributed by atoms with Gasteiger partial charge in [-0.3, -0.25) is 4.89 Å². The van der Waals surface area contributed by atoms with Gasteiger partial charge >= 0.3 is 0 Å². The molecular weight excluding hydrogens is 156 g/mol. The van der Waals surface area contributed by atoms with Gasteiger partial charge in [0.1, 0.15) is 0 Å². The van der Waals surface area contributed by atoms with Crippen molar-refractivity contribution in [1.82, 2.24) is 5.59 Å². The number of nitrogens with zero attached hydrogens (tertiary/aromatic N) is 1. The molecule has 0 aromatic heterocycles. The number of hydrogen-bond acceptors (Lipinski definition) is 4. The number of hydrogen-bond donors (Lipinski definition) is 1. The first-order valence-corrected chi connectivity index (χ1v) is 4.25. The van der Waals surface area contributed by atoms with Crippen molar-refractivity contribution < 1.29 is 9.88 Å². The largest absolute Gasteiger partial charge is 0.294 e. The lowest BCUT2D eigenvalue weighted by molar-refractivity contribution is -0.253. The summed E-state index contributed by atoms with van der Waals surface area (Å²) in [5, 5.41) is 3.96. The molecule has 4 heteroatoms. The first kappa shape index (κ1) is 6.48. The third-order valence-corrected chi connectivity index (χ3v) is 3.01. The first-order chi connectivity index (χ1) is 5.89. The van der Waals surface area contributed by atoms with Crippen LogP contribution in [0.5, 0.6) is 0 Å². The molecule has 3 rings (SSSR count). The predicted molar refractivity (Wildman–Crippen MR) is 41.7 cm³/mol. The van der Waals surface area contributed by atoms with Crippen LogP contribution >= 0.6 is 0 Å². The summed E-state index contributed by atoms with van der Waals surface area (Å²) in [6.07, 6.45) is 7.98. The number of fused-ring (bicyclic) bond motifs is 2. The van der Waals surface area contributed by atoms with Crippen molar-refractivity contribution in [3.05, 3.63) is 12.2 Å². The van der Waals surface area contributed by atoms with E-state index >= 15 is 0 Å². The minimum absolute atomic E-state index is 0.0498. The molecule has 0 saturated heterocycles. The maximum Gasteiger partial charge on any atom is 0.264 e. The van der Waals surface area contributed by atoms with Gasteiger partial charge in [0.25, 0.3) is 5.90 Å². The van der Waals surface area contributed by atoms with Gasteiger partial charge in [0.05, 0.1) is 5.41 Å². The van der Waals surface area contributed by atoms with Gasteiger partial charge in [0.15, 0.2) is 0 Å². The Bertz CT molecular complexity index is 274. The van der Waals surface area contributed by atoms with E-state index in [-0.39, 0.29) is 5.41 Å². The first-order valence-electron chi connectivity index (χ1n) is 4.25. The molecule has 3 aliphatic rings. The van der Waals surface area contributed by atoms with Gasteiger partial charge in [-0.25, -0.2) is 0 Å². The lowest BCUT2D eigenvalue weighted by Gasteiger charge is -2.18. The molecule has 0 amide bonds. The molecule has 1 fully saturated rings. The highest BCUT2D eigenvalue weighted by molar-refractivity contribution is 5.85. The second-order valence-corrected chi connectivity index (χ2v) is 3.69. The van der Waals surface area contributed by atoms with Crippen LogP contribution in [0.4, 0.5) is 0 Å². The fourth-order valence-corrected chi connectivity index (χ4v) is 2.35. The molecule has 4 nitrogen and oxygen atoms in total. The molecule has 1 saturated carbocycles. The average molecular weight is 166 g/mol. The van der Waals surface area contributed by atoms with Crippen LogP contribution in [0.25, 0.3) is 0 Å². The zero-order valence-electron chi connectivity index (χ0n) is 6.62.